The number of carbonyl (C=O) groups is 1. The van der Waals surface area contributed by atoms with Crippen molar-refractivity contribution in [3.63, 3.8) is 0 Å². The monoisotopic (exact) mass is 465 g/mol. The standard InChI is InChI=1S/C24H27N5O3S/c1-2-31-21-15-18(11-12-20(21)32-17-22(30)28-13-7-4-8-14-28)16-25-29-23(26-27-24(29)33)19-9-5-3-6-10-19/h3,5-6,9-12,15-16H,2,4,7-8,13-14,17H2,1H3,(H,27,33)/b25-16+. The number of piperidine rings is 1. The van der Waals surface area contributed by atoms with Gasteiger partial charge in [-0.2, -0.15) is 14.9 Å². The molecule has 8 nitrogen and oxygen atoms in total. The van der Waals surface area contributed by atoms with Crippen LogP contribution in [0.4, 0.5) is 0 Å². The van der Waals surface area contributed by atoms with Crippen molar-refractivity contribution in [2.75, 3.05) is 26.3 Å². The van der Waals surface area contributed by atoms with Gasteiger partial charge in [0, 0.05) is 18.7 Å². The molecule has 0 aliphatic carbocycles. The van der Waals surface area contributed by atoms with Crippen LogP contribution in [0.5, 0.6) is 11.5 Å². The van der Waals surface area contributed by atoms with Crippen molar-refractivity contribution < 1.29 is 14.3 Å². The minimum atomic E-state index is -0.00186. The number of benzene rings is 2. The van der Waals surface area contributed by atoms with Gasteiger partial charge in [0.15, 0.2) is 23.9 Å². The summed E-state index contributed by atoms with van der Waals surface area (Å²) < 4.78 is 13.5. The molecule has 0 spiro atoms. The van der Waals surface area contributed by atoms with E-state index in [1.54, 1.807) is 17.0 Å². The Morgan fingerprint density at radius 1 is 1.12 bits per heavy atom. The van der Waals surface area contributed by atoms with Gasteiger partial charge in [-0.3, -0.25) is 4.79 Å². The first-order valence-electron chi connectivity index (χ1n) is 11.1. The van der Waals surface area contributed by atoms with Crippen LogP contribution in [0.2, 0.25) is 0 Å². The van der Waals surface area contributed by atoms with Crippen LogP contribution >= 0.6 is 12.2 Å². The molecule has 1 fully saturated rings. The van der Waals surface area contributed by atoms with Crippen molar-refractivity contribution in [2.45, 2.75) is 26.2 Å². The van der Waals surface area contributed by atoms with E-state index in [-0.39, 0.29) is 12.5 Å². The number of aromatic amines is 1. The summed E-state index contributed by atoms with van der Waals surface area (Å²) in [5.41, 5.74) is 1.70. The van der Waals surface area contributed by atoms with Crippen molar-refractivity contribution in [3.8, 4) is 22.9 Å². The smallest absolute Gasteiger partial charge is 0.260 e. The quantitative estimate of drug-likeness (QED) is 0.397. The van der Waals surface area contributed by atoms with E-state index >= 15 is 0 Å². The van der Waals surface area contributed by atoms with Crippen LogP contribution in [-0.4, -0.2) is 58.2 Å². The molecule has 0 bridgehead atoms. The van der Waals surface area contributed by atoms with Crippen LogP contribution in [0.15, 0.2) is 53.6 Å². The highest BCUT2D eigenvalue weighted by Gasteiger charge is 2.18. The summed E-state index contributed by atoms with van der Waals surface area (Å²) in [6, 6.07) is 15.2. The van der Waals surface area contributed by atoms with E-state index in [9.17, 15) is 4.79 Å². The van der Waals surface area contributed by atoms with Crippen molar-refractivity contribution >= 4 is 24.3 Å². The molecule has 2 aromatic carbocycles. The van der Waals surface area contributed by atoms with Crippen LogP contribution in [0.1, 0.15) is 31.7 Å². The third kappa shape index (κ3) is 5.67. The largest absolute Gasteiger partial charge is 0.490 e. The van der Waals surface area contributed by atoms with Gasteiger partial charge in [-0.25, -0.2) is 5.10 Å². The molecule has 33 heavy (non-hydrogen) atoms. The van der Waals surface area contributed by atoms with E-state index in [1.165, 1.54) is 6.42 Å². The van der Waals surface area contributed by atoms with Gasteiger partial charge in [-0.05, 0) is 62.2 Å². The third-order valence-electron chi connectivity index (χ3n) is 5.33. The van der Waals surface area contributed by atoms with E-state index in [0.717, 1.165) is 37.1 Å². The van der Waals surface area contributed by atoms with Crippen LogP contribution in [0, 0.1) is 4.77 Å². The van der Waals surface area contributed by atoms with Gasteiger partial charge in [-0.15, -0.1) is 0 Å². The Bertz CT molecular complexity index is 1170. The molecule has 0 unspecified atom stereocenters. The molecule has 0 saturated carbocycles. The van der Waals surface area contributed by atoms with Crippen LogP contribution < -0.4 is 9.47 Å². The summed E-state index contributed by atoms with van der Waals surface area (Å²) in [6.45, 7) is 3.98. The van der Waals surface area contributed by atoms with Crippen LogP contribution in [0.25, 0.3) is 11.4 Å². The highest BCUT2D eigenvalue weighted by atomic mass is 32.1. The number of H-pyrrole nitrogens is 1. The maximum absolute atomic E-state index is 12.4. The zero-order chi connectivity index (χ0) is 23.0. The van der Waals surface area contributed by atoms with E-state index < -0.39 is 0 Å². The lowest BCUT2D eigenvalue weighted by Crippen LogP contribution is -2.38. The number of aromatic nitrogens is 3. The van der Waals surface area contributed by atoms with Gasteiger partial charge in [0.1, 0.15) is 0 Å². The topological polar surface area (TPSA) is 84.7 Å². The van der Waals surface area contributed by atoms with Gasteiger partial charge < -0.3 is 14.4 Å². The van der Waals surface area contributed by atoms with Gasteiger partial charge in [0.05, 0.1) is 12.8 Å². The van der Waals surface area contributed by atoms with Gasteiger partial charge in [-0.1, -0.05) is 30.3 Å². The van der Waals surface area contributed by atoms with Crippen molar-refractivity contribution in [1.29, 1.82) is 0 Å². The van der Waals surface area contributed by atoms with Crippen LogP contribution in [-0.2, 0) is 4.79 Å². The molecule has 1 aromatic heterocycles. The molecule has 4 rings (SSSR count). The van der Waals surface area contributed by atoms with Crippen molar-refractivity contribution in [2.24, 2.45) is 5.10 Å². The summed E-state index contributed by atoms with van der Waals surface area (Å²) in [5, 5.41) is 11.6. The maximum atomic E-state index is 12.4. The first-order valence-corrected chi connectivity index (χ1v) is 11.5. The summed E-state index contributed by atoms with van der Waals surface area (Å²) in [5.74, 6) is 1.72. The normalized spacial score (nSPS) is 13.9. The number of carbonyl (C=O) groups excluding carboxylic acids is 1. The molecule has 0 radical (unpaired) electrons. The SMILES string of the molecule is CCOc1cc(/C=N/n2c(-c3ccccc3)n[nH]c2=S)ccc1OCC(=O)N1CCCCC1. The van der Waals surface area contributed by atoms with E-state index in [1.807, 2.05) is 54.3 Å². The lowest BCUT2D eigenvalue weighted by molar-refractivity contribution is -0.134. The highest BCUT2D eigenvalue weighted by Crippen LogP contribution is 2.28. The molecule has 172 valence electrons. The summed E-state index contributed by atoms with van der Waals surface area (Å²) in [6.07, 6.45) is 4.97. The number of nitrogens with zero attached hydrogens (tertiary/aromatic N) is 4. The molecule has 3 aromatic rings. The third-order valence-corrected chi connectivity index (χ3v) is 5.60. The molecule has 1 aliphatic heterocycles. The number of ether oxygens (including phenoxy) is 2. The highest BCUT2D eigenvalue weighted by molar-refractivity contribution is 7.71. The molecule has 2 heterocycles. The second-order valence-corrected chi connectivity index (χ2v) is 8.03. The van der Waals surface area contributed by atoms with Gasteiger partial charge in [0.25, 0.3) is 5.91 Å². The van der Waals surface area contributed by atoms with E-state index in [4.69, 9.17) is 21.7 Å². The average molecular weight is 466 g/mol. The molecular weight excluding hydrogens is 438 g/mol. The lowest BCUT2D eigenvalue weighted by Gasteiger charge is -2.26. The predicted molar refractivity (Wildman–Crippen MR) is 129 cm³/mol. The lowest BCUT2D eigenvalue weighted by atomic mass is 10.1. The summed E-state index contributed by atoms with van der Waals surface area (Å²) in [4.78, 5) is 14.3. The average Bonchev–Trinajstić information content (AvgIpc) is 3.23. The predicted octanol–water partition coefficient (Wildman–Crippen LogP) is 4.28. The first-order chi connectivity index (χ1) is 16.2. The molecule has 0 atom stereocenters. The second-order valence-electron chi connectivity index (χ2n) is 7.64. The molecule has 1 aliphatic rings. The Kier molecular flexibility index (Phi) is 7.51. The Morgan fingerprint density at radius 2 is 1.91 bits per heavy atom. The van der Waals surface area contributed by atoms with Gasteiger partial charge in [0.2, 0.25) is 4.77 Å². The Labute approximate surface area is 197 Å². The number of rotatable bonds is 8. The minimum absolute atomic E-state index is 0.00186. The molecule has 1 amide bonds. The number of hydrogen-bond acceptors (Lipinski definition) is 6. The van der Waals surface area contributed by atoms with Crippen molar-refractivity contribution in [1.82, 2.24) is 19.8 Å². The first kappa shape index (κ1) is 22.7. The fourth-order valence-corrected chi connectivity index (χ4v) is 3.84. The van der Waals surface area contributed by atoms with E-state index in [0.29, 0.717) is 28.7 Å². The molecular formula is C24H27N5O3S. The summed E-state index contributed by atoms with van der Waals surface area (Å²) in [7, 11) is 0. The zero-order valence-electron chi connectivity index (χ0n) is 18.6. The second kappa shape index (κ2) is 10.9. The Balaban J connectivity index is 1.50. The number of amides is 1. The summed E-state index contributed by atoms with van der Waals surface area (Å²) >= 11 is 5.34. The molecule has 1 N–H and O–H groups in total. The van der Waals surface area contributed by atoms with Gasteiger partial charge >= 0.3 is 0 Å². The molecule has 9 heteroatoms. The molecule has 1 saturated heterocycles. The van der Waals surface area contributed by atoms with E-state index in [2.05, 4.69) is 15.3 Å². The van der Waals surface area contributed by atoms with Crippen molar-refractivity contribution in [3.05, 3.63) is 58.9 Å². The Morgan fingerprint density at radius 3 is 2.67 bits per heavy atom. The maximum Gasteiger partial charge on any atom is 0.260 e. The fraction of sp³-hybridized carbons (Fsp3) is 0.333. The Hall–Kier alpha value is -3.46. The van der Waals surface area contributed by atoms with Crippen LogP contribution in [0.3, 0.4) is 0 Å². The minimum Gasteiger partial charge on any atom is -0.490 e. The number of hydrogen-bond donors (Lipinski definition) is 1. The zero-order valence-corrected chi connectivity index (χ0v) is 19.4. The fourth-order valence-electron chi connectivity index (χ4n) is 3.66. The number of likely N-dealkylation sites (tertiary alicyclic amines) is 1. The number of nitrogens with one attached hydrogen (secondary N) is 1.